The van der Waals surface area contributed by atoms with Crippen molar-refractivity contribution in [3.8, 4) is 0 Å². The predicted octanol–water partition coefficient (Wildman–Crippen LogP) is -0.0224. The first kappa shape index (κ1) is 14.2. The van der Waals surface area contributed by atoms with Gasteiger partial charge in [0.05, 0.1) is 6.61 Å². The zero-order valence-electron chi connectivity index (χ0n) is 11.4. The van der Waals surface area contributed by atoms with Crippen molar-refractivity contribution in [1.29, 1.82) is 0 Å². The topological polar surface area (TPSA) is 83.2 Å². The lowest BCUT2D eigenvalue weighted by Crippen LogP contribution is -2.46. The first-order valence-corrected chi connectivity index (χ1v) is 6.30. The van der Waals surface area contributed by atoms with Gasteiger partial charge in [-0.15, -0.1) is 0 Å². The normalized spacial score (nSPS) is 40.0. The maximum absolute atomic E-state index is 10.3. The summed E-state index contributed by atoms with van der Waals surface area (Å²) in [6.07, 6.45) is -2.06. The molecule has 0 aromatic carbocycles. The van der Waals surface area contributed by atoms with E-state index in [4.69, 9.17) is 24.7 Å². The first-order chi connectivity index (χ1) is 8.24. The number of hydrogen-bond acceptors (Lipinski definition) is 6. The van der Waals surface area contributed by atoms with Gasteiger partial charge in [0.25, 0.3) is 0 Å². The van der Waals surface area contributed by atoms with Gasteiger partial charge in [-0.05, 0) is 27.7 Å². The molecule has 0 radical (unpaired) electrons. The van der Waals surface area contributed by atoms with Crippen molar-refractivity contribution >= 4 is 0 Å². The number of hydrogen-bond donors (Lipinski definition) is 2. The molecule has 6 nitrogen and oxygen atoms in total. The van der Waals surface area contributed by atoms with Gasteiger partial charge in [0.1, 0.15) is 24.4 Å². The molecule has 0 unspecified atom stereocenters. The quantitative estimate of drug-likeness (QED) is 0.743. The van der Waals surface area contributed by atoms with E-state index in [1.54, 1.807) is 13.8 Å². The number of ether oxygens (including phenoxy) is 4. The van der Waals surface area contributed by atoms with Crippen LogP contribution in [0, 0.1) is 0 Å². The van der Waals surface area contributed by atoms with Crippen molar-refractivity contribution in [2.75, 3.05) is 13.2 Å². The second-order valence-electron chi connectivity index (χ2n) is 5.73. The molecule has 2 heterocycles. The van der Waals surface area contributed by atoms with E-state index in [9.17, 15) is 5.11 Å². The second kappa shape index (κ2) is 4.70. The predicted molar refractivity (Wildman–Crippen MR) is 63.8 cm³/mol. The van der Waals surface area contributed by atoms with E-state index in [-0.39, 0.29) is 6.10 Å². The molecule has 2 saturated heterocycles. The number of rotatable bonds is 3. The van der Waals surface area contributed by atoms with Crippen LogP contribution in [0.2, 0.25) is 0 Å². The van der Waals surface area contributed by atoms with Gasteiger partial charge in [-0.25, -0.2) is 0 Å². The Kier molecular flexibility index (Phi) is 3.70. The van der Waals surface area contributed by atoms with Crippen LogP contribution < -0.4 is 5.73 Å². The van der Waals surface area contributed by atoms with Crippen molar-refractivity contribution in [2.45, 2.75) is 63.7 Å². The molecule has 0 bridgehead atoms. The van der Waals surface area contributed by atoms with Gasteiger partial charge in [-0.1, -0.05) is 0 Å². The average molecular weight is 261 g/mol. The molecule has 6 heteroatoms. The summed E-state index contributed by atoms with van der Waals surface area (Å²) in [6.45, 7) is 7.87. The summed E-state index contributed by atoms with van der Waals surface area (Å²) >= 11 is 0. The summed E-state index contributed by atoms with van der Waals surface area (Å²) < 4.78 is 22.4. The molecule has 0 amide bonds. The maximum Gasteiger partial charge on any atom is 0.163 e. The van der Waals surface area contributed by atoms with E-state index in [2.05, 4.69) is 0 Å². The van der Waals surface area contributed by atoms with E-state index >= 15 is 0 Å². The standard InChI is InChI=1S/C12H23NO5/c1-11(2)15-6-8(17-11)9(14)10-7(5-13)16-12(3,4)18-10/h7-10,14H,5-6,13H2,1-4H3/t7-,8-,9-,10-/m1/s1. The van der Waals surface area contributed by atoms with Crippen molar-refractivity contribution in [1.82, 2.24) is 0 Å². The molecule has 2 aliphatic heterocycles. The largest absolute Gasteiger partial charge is 0.387 e. The van der Waals surface area contributed by atoms with Crippen molar-refractivity contribution in [3.05, 3.63) is 0 Å². The fourth-order valence-corrected chi connectivity index (χ4v) is 2.43. The van der Waals surface area contributed by atoms with Crippen LogP contribution >= 0.6 is 0 Å². The third kappa shape index (κ3) is 2.84. The third-order valence-electron chi connectivity index (χ3n) is 3.20. The van der Waals surface area contributed by atoms with Gasteiger partial charge in [0.2, 0.25) is 0 Å². The minimum atomic E-state index is -0.818. The van der Waals surface area contributed by atoms with Gasteiger partial charge < -0.3 is 29.8 Å². The molecule has 2 aliphatic rings. The highest BCUT2D eigenvalue weighted by Crippen LogP contribution is 2.33. The van der Waals surface area contributed by atoms with Gasteiger partial charge in [-0.2, -0.15) is 0 Å². The zero-order chi connectivity index (χ0) is 13.6. The van der Waals surface area contributed by atoms with E-state index in [0.29, 0.717) is 13.2 Å². The summed E-state index contributed by atoms with van der Waals surface area (Å²) in [4.78, 5) is 0. The fourth-order valence-electron chi connectivity index (χ4n) is 2.43. The molecule has 0 aliphatic carbocycles. The Balaban J connectivity index is 2.02. The lowest BCUT2D eigenvalue weighted by Gasteiger charge is -2.26. The third-order valence-corrected chi connectivity index (χ3v) is 3.20. The Hall–Kier alpha value is -0.240. The van der Waals surface area contributed by atoms with Crippen LogP contribution in [0.3, 0.4) is 0 Å². The van der Waals surface area contributed by atoms with E-state index in [1.165, 1.54) is 0 Å². The fraction of sp³-hybridized carbons (Fsp3) is 1.00. The highest BCUT2D eigenvalue weighted by molar-refractivity contribution is 4.92. The van der Waals surface area contributed by atoms with Crippen molar-refractivity contribution < 1.29 is 24.1 Å². The van der Waals surface area contributed by atoms with Gasteiger partial charge in [0, 0.05) is 6.54 Å². The van der Waals surface area contributed by atoms with Gasteiger partial charge in [0.15, 0.2) is 11.6 Å². The number of nitrogens with two attached hydrogens (primary N) is 1. The molecule has 0 aromatic rings. The van der Waals surface area contributed by atoms with E-state index < -0.39 is 29.9 Å². The SMILES string of the molecule is CC1(C)OC[C@H]([C@@H](O)[C@@H]2OC(C)(C)O[C@@H]2CN)O1. The molecule has 2 fully saturated rings. The van der Waals surface area contributed by atoms with Gasteiger partial charge in [-0.3, -0.25) is 0 Å². The monoisotopic (exact) mass is 261 g/mol. The summed E-state index contributed by atoms with van der Waals surface area (Å²) in [6, 6.07) is 0. The highest BCUT2D eigenvalue weighted by Gasteiger charge is 2.49. The van der Waals surface area contributed by atoms with Gasteiger partial charge >= 0.3 is 0 Å². The number of aliphatic hydroxyl groups excluding tert-OH is 1. The summed E-state index contributed by atoms with van der Waals surface area (Å²) in [5.74, 6) is -1.40. The van der Waals surface area contributed by atoms with Crippen LogP contribution in [0.1, 0.15) is 27.7 Å². The molecule has 3 N–H and O–H groups in total. The van der Waals surface area contributed by atoms with Crippen molar-refractivity contribution in [3.63, 3.8) is 0 Å². The van der Waals surface area contributed by atoms with Crippen LogP contribution in [0.5, 0.6) is 0 Å². The first-order valence-electron chi connectivity index (χ1n) is 6.30. The average Bonchev–Trinajstić information content (AvgIpc) is 2.77. The number of aliphatic hydroxyl groups is 1. The van der Waals surface area contributed by atoms with Crippen LogP contribution in [-0.4, -0.2) is 54.2 Å². The second-order valence-corrected chi connectivity index (χ2v) is 5.73. The highest BCUT2D eigenvalue weighted by atomic mass is 16.8. The minimum absolute atomic E-state index is 0.294. The van der Waals surface area contributed by atoms with Crippen LogP contribution in [0.4, 0.5) is 0 Å². The Morgan fingerprint density at radius 2 is 1.83 bits per heavy atom. The Bertz CT molecular complexity index is 307. The maximum atomic E-state index is 10.3. The molecule has 2 rings (SSSR count). The Morgan fingerprint density at radius 1 is 1.17 bits per heavy atom. The van der Waals surface area contributed by atoms with Crippen molar-refractivity contribution in [2.24, 2.45) is 5.73 Å². The molecule has 18 heavy (non-hydrogen) atoms. The lowest BCUT2D eigenvalue weighted by molar-refractivity contribution is -0.178. The summed E-state index contributed by atoms with van der Waals surface area (Å²) in [5.41, 5.74) is 5.65. The Labute approximate surface area is 107 Å². The molecular formula is C12H23NO5. The van der Waals surface area contributed by atoms with Crippen LogP contribution in [-0.2, 0) is 18.9 Å². The molecular weight excluding hydrogens is 238 g/mol. The van der Waals surface area contributed by atoms with E-state index in [1.807, 2.05) is 13.8 Å². The zero-order valence-corrected chi connectivity index (χ0v) is 11.4. The van der Waals surface area contributed by atoms with Crippen LogP contribution in [0.25, 0.3) is 0 Å². The Morgan fingerprint density at radius 3 is 2.33 bits per heavy atom. The molecule has 4 atom stereocenters. The lowest BCUT2D eigenvalue weighted by atomic mass is 10.0. The summed E-state index contributed by atoms with van der Waals surface area (Å²) in [5, 5.41) is 10.3. The van der Waals surface area contributed by atoms with Crippen LogP contribution in [0.15, 0.2) is 0 Å². The molecule has 0 spiro atoms. The molecule has 0 aromatic heterocycles. The smallest absolute Gasteiger partial charge is 0.163 e. The minimum Gasteiger partial charge on any atom is -0.387 e. The molecule has 106 valence electrons. The van der Waals surface area contributed by atoms with E-state index in [0.717, 1.165) is 0 Å². The molecule has 0 saturated carbocycles. The summed E-state index contributed by atoms with van der Waals surface area (Å²) in [7, 11) is 0.